The Hall–Kier alpha value is -3.89. The van der Waals surface area contributed by atoms with Gasteiger partial charge in [-0.1, -0.05) is 53.5 Å². The number of hydrogen-bond donors (Lipinski definition) is 2. The second-order valence-electron chi connectivity index (χ2n) is 15.4. The number of rotatable bonds is 12. The number of aromatic nitrogens is 3. The van der Waals surface area contributed by atoms with Gasteiger partial charge in [-0.2, -0.15) is 9.97 Å². The SMILES string of the molecule is COCOc1cc(-c2ncc3c(N4CCC[C@@H](O)C4)nc(OCC4(CO)CC4)nc3c2F)c2c(C#C[Si](C(C)C)(C(C)C)C(C)C)c(F)ccc2c1. The predicted octanol–water partition coefficient (Wildman–Crippen LogP) is 7.79. The fourth-order valence-corrected chi connectivity index (χ4v) is 13.1. The summed E-state index contributed by atoms with van der Waals surface area (Å²) in [6, 6.07) is 6.40. The third-order valence-electron chi connectivity index (χ3n) is 11.0. The van der Waals surface area contributed by atoms with Crippen molar-refractivity contribution in [2.24, 2.45) is 5.41 Å². The minimum absolute atomic E-state index is 0.0230. The first-order valence-electron chi connectivity index (χ1n) is 18.3. The second kappa shape index (κ2) is 15.2. The van der Waals surface area contributed by atoms with E-state index in [4.69, 9.17) is 14.2 Å². The Kier molecular flexibility index (Phi) is 11.1. The zero-order valence-electron chi connectivity index (χ0n) is 31.2. The number of hydrogen-bond acceptors (Lipinski definition) is 9. The van der Waals surface area contributed by atoms with Gasteiger partial charge in [0.15, 0.2) is 12.6 Å². The molecule has 2 N–H and O–H groups in total. The molecule has 9 nitrogen and oxygen atoms in total. The molecule has 6 rings (SSSR count). The van der Waals surface area contributed by atoms with E-state index in [2.05, 4.69) is 68.0 Å². The molecular formula is C40H50F2N4O5Si. The molecule has 2 aliphatic rings. The van der Waals surface area contributed by atoms with Crippen molar-refractivity contribution in [1.82, 2.24) is 15.0 Å². The fraction of sp³-hybridized carbons (Fsp3) is 0.525. The van der Waals surface area contributed by atoms with Crippen LogP contribution in [0.4, 0.5) is 14.6 Å². The minimum Gasteiger partial charge on any atom is -0.468 e. The van der Waals surface area contributed by atoms with Crippen LogP contribution < -0.4 is 14.4 Å². The lowest BCUT2D eigenvalue weighted by molar-refractivity contribution is 0.0512. The van der Waals surface area contributed by atoms with E-state index < -0.39 is 25.8 Å². The summed E-state index contributed by atoms with van der Waals surface area (Å²) in [6.07, 6.45) is 3.98. The van der Waals surface area contributed by atoms with Crippen LogP contribution in [0.1, 0.15) is 72.8 Å². The fourth-order valence-electron chi connectivity index (χ4n) is 7.94. The second-order valence-corrected chi connectivity index (χ2v) is 21.0. The van der Waals surface area contributed by atoms with Gasteiger partial charge in [0.1, 0.15) is 36.7 Å². The number of pyridine rings is 1. The highest BCUT2D eigenvalue weighted by atomic mass is 28.3. The number of halogens is 2. The molecule has 0 radical (unpaired) electrons. The molecule has 1 aliphatic carbocycles. The first-order valence-corrected chi connectivity index (χ1v) is 20.5. The topological polar surface area (TPSA) is 110 Å². The average molecular weight is 733 g/mol. The molecule has 2 fully saturated rings. The largest absolute Gasteiger partial charge is 0.468 e. The number of methoxy groups -OCH3 is 1. The Morgan fingerprint density at radius 1 is 1.04 bits per heavy atom. The molecule has 1 aliphatic heterocycles. The number of fused-ring (bicyclic) bond motifs is 2. The van der Waals surface area contributed by atoms with Gasteiger partial charge in [-0.25, -0.2) is 8.78 Å². The molecule has 1 saturated heterocycles. The van der Waals surface area contributed by atoms with Crippen LogP contribution in [0.5, 0.6) is 11.8 Å². The summed E-state index contributed by atoms with van der Waals surface area (Å²) in [5, 5.41) is 21.8. The first kappa shape index (κ1) is 37.9. The Morgan fingerprint density at radius 3 is 2.40 bits per heavy atom. The predicted molar refractivity (Wildman–Crippen MR) is 202 cm³/mol. The molecule has 0 spiro atoms. The van der Waals surface area contributed by atoms with E-state index in [1.54, 1.807) is 18.2 Å². The summed E-state index contributed by atoms with van der Waals surface area (Å²) in [5.74, 6) is 2.85. The van der Waals surface area contributed by atoms with Gasteiger partial charge in [0, 0.05) is 42.8 Å². The Balaban J connectivity index is 1.59. The molecule has 4 aromatic rings. The normalized spacial score (nSPS) is 17.3. The number of aliphatic hydroxyl groups is 2. The Labute approximate surface area is 305 Å². The van der Waals surface area contributed by atoms with E-state index >= 15 is 8.78 Å². The highest BCUT2D eigenvalue weighted by molar-refractivity contribution is 6.90. The van der Waals surface area contributed by atoms with Crippen molar-refractivity contribution >= 4 is 35.6 Å². The molecule has 1 atom stereocenters. The van der Waals surface area contributed by atoms with E-state index in [1.165, 1.54) is 19.4 Å². The molecule has 52 heavy (non-hydrogen) atoms. The molecule has 12 heteroatoms. The molecular weight excluding hydrogens is 683 g/mol. The highest BCUT2D eigenvalue weighted by Crippen LogP contribution is 2.46. The monoisotopic (exact) mass is 732 g/mol. The van der Waals surface area contributed by atoms with Crippen molar-refractivity contribution in [3.8, 4) is 34.5 Å². The van der Waals surface area contributed by atoms with Crippen LogP contribution in [0.15, 0.2) is 30.5 Å². The molecule has 2 aromatic heterocycles. The van der Waals surface area contributed by atoms with Gasteiger partial charge in [-0.05, 0) is 65.9 Å². The maximum absolute atomic E-state index is 17.2. The van der Waals surface area contributed by atoms with Gasteiger partial charge in [0.2, 0.25) is 0 Å². The van der Waals surface area contributed by atoms with Crippen LogP contribution in [0.25, 0.3) is 32.9 Å². The summed E-state index contributed by atoms with van der Waals surface area (Å²) >= 11 is 0. The smallest absolute Gasteiger partial charge is 0.319 e. The van der Waals surface area contributed by atoms with Gasteiger partial charge in [0.25, 0.3) is 0 Å². The van der Waals surface area contributed by atoms with Crippen LogP contribution in [0, 0.1) is 28.5 Å². The molecule has 1 saturated carbocycles. The lowest BCUT2D eigenvalue weighted by Crippen LogP contribution is -2.43. The van der Waals surface area contributed by atoms with Crippen molar-refractivity contribution in [1.29, 1.82) is 0 Å². The zero-order valence-corrected chi connectivity index (χ0v) is 32.2. The van der Waals surface area contributed by atoms with Crippen molar-refractivity contribution < 1.29 is 33.2 Å². The zero-order chi connectivity index (χ0) is 37.4. The van der Waals surface area contributed by atoms with E-state index in [1.807, 2.05) is 4.90 Å². The Morgan fingerprint density at radius 2 is 1.77 bits per heavy atom. The van der Waals surface area contributed by atoms with Gasteiger partial charge in [-0.15, -0.1) is 5.54 Å². The molecule has 0 unspecified atom stereocenters. The summed E-state index contributed by atoms with van der Waals surface area (Å²) in [7, 11) is -0.767. The lowest BCUT2D eigenvalue weighted by Gasteiger charge is -2.38. The maximum atomic E-state index is 17.2. The van der Waals surface area contributed by atoms with Crippen molar-refractivity contribution in [2.75, 3.05) is 45.1 Å². The summed E-state index contributed by atoms with van der Waals surface area (Å²) in [4.78, 5) is 15.8. The van der Waals surface area contributed by atoms with Crippen molar-refractivity contribution in [3.05, 3.63) is 47.7 Å². The standard InChI is InChI=1S/C40H50F2N4O5Si/c1-24(2)52(25(3)4,26(5)6)16-12-30-33(41)11-10-27-17-29(51-23-49-7)18-31(34(27)30)36-35(42)37-32(19-43-36)38(46-15-8-9-28(48)20-46)45-39(44-37)50-22-40(21-47)13-14-40/h10-11,17-19,24-26,28,47-48H,8-9,13-15,20-23H2,1-7H3/t28-/m1/s1. The van der Waals surface area contributed by atoms with Crippen LogP contribution in [0.2, 0.25) is 16.6 Å². The van der Waals surface area contributed by atoms with Crippen LogP contribution in [0.3, 0.4) is 0 Å². The Bertz CT molecular complexity index is 1990. The van der Waals surface area contributed by atoms with Crippen LogP contribution in [-0.2, 0) is 4.74 Å². The summed E-state index contributed by atoms with van der Waals surface area (Å²) < 4.78 is 50.4. The van der Waals surface area contributed by atoms with Crippen molar-refractivity contribution in [2.45, 2.75) is 90.0 Å². The third-order valence-corrected chi connectivity index (χ3v) is 17.3. The molecule has 2 aromatic carbocycles. The third kappa shape index (κ3) is 7.20. The lowest BCUT2D eigenvalue weighted by atomic mass is 9.95. The number of piperidine rings is 1. The number of benzene rings is 2. The van der Waals surface area contributed by atoms with Gasteiger partial charge < -0.3 is 29.3 Å². The van der Waals surface area contributed by atoms with Gasteiger partial charge >= 0.3 is 6.01 Å². The first-order chi connectivity index (χ1) is 24.8. The number of aliphatic hydroxyl groups excluding tert-OH is 2. The van der Waals surface area contributed by atoms with Gasteiger partial charge in [-0.3, -0.25) is 4.98 Å². The molecule has 3 heterocycles. The van der Waals surface area contributed by atoms with E-state index in [0.717, 1.165) is 19.3 Å². The number of ether oxygens (including phenoxy) is 3. The van der Waals surface area contributed by atoms with Gasteiger partial charge in [0.05, 0.1) is 30.3 Å². The van der Waals surface area contributed by atoms with Crippen LogP contribution >= 0.6 is 0 Å². The summed E-state index contributed by atoms with van der Waals surface area (Å²) in [5.41, 5.74) is 4.66. The van der Waals surface area contributed by atoms with E-state index in [-0.39, 0.29) is 48.2 Å². The number of β-amino-alcohol motifs (C(OH)–C–C–N with tert-alkyl or cyclic N) is 1. The number of anilines is 1. The van der Waals surface area contributed by atoms with E-state index in [0.29, 0.717) is 69.4 Å². The van der Waals surface area contributed by atoms with E-state index in [9.17, 15) is 10.2 Å². The van der Waals surface area contributed by atoms with Crippen molar-refractivity contribution in [3.63, 3.8) is 0 Å². The molecule has 0 bridgehead atoms. The number of nitrogens with zero attached hydrogens (tertiary/aromatic N) is 4. The highest BCUT2D eigenvalue weighted by Gasteiger charge is 2.43. The minimum atomic E-state index is -2.27. The average Bonchev–Trinajstić information content (AvgIpc) is 3.90. The maximum Gasteiger partial charge on any atom is 0.319 e. The molecule has 278 valence electrons. The summed E-state index contributed by atoms with van der Waals surface area (Å²) in [6.45, 7) is 14.2. The molecule has 0 amide bonds. The van der Waals surface area contributed by atoms with Crippen LogP contribution in [-0.4, -0.2) is 79.5 Å². The quantitative estimate of drug-likeness (QED) is 0.0857.